The largest absolute Gasteiger partial charge is 0.508 e. The predicted molar refractivity (Wildman–Crippen MR) is 102 cm³/mol. The minimum Gasteiger partial charge on any atom is -0.508 e. The number of Topliss-reactive ketones (excluding diaryl/α,β-unsaturated/α-hetero) is 1. The first-order valence-electron chi connectivity index (χ1n) is 8.68. The molecule has 0 aliphatic carbocycles. The number of benzene rings is 2. The maximum atomic E-state index is 12.7. The SMILES string of the molecule is COCCN1C(=O)C(=O)/C(=C(/O)c2ccc(OC)cc2)[C@@H]1c1ccc(O)cc1. The van der Waals surface area contributed by atoms with E-state index in [2.05, 4.69) is 0 Å². The molecule has 7 heteroatoms. The number of hydrogen-bond acceptors (Lipinski definition) is 6. The fraction of sp³-hybridized carbons (Fsp3) is 0.238. The van der Waals surface area contributed by atoms with Crippen molar-refractivity contribution in [3.8, 4) is 11.5 Å². The van der Waals surface area contributed by atoms with Crippen molar-refractivity contribution in [3.63, 3.8) is 0 Å². The van der Waals surface area contributed by atoms with Gasteiger partial charge in [0.05, 0.1) is 25.3 Å². The van der Waals surface area contributed by atoms with Crippen LogP contribution in [0.4, 0.5) is 0 Å². The summed E-state index contributed by atoms with van der Waals surface area (Å²) >= 11 is 0. The molecule has 1 saturated heterocycles. The number of amides is 1. The molecule has 0 unspecified atom stereocenters. The third-order valence-corrected chi connectivity index (χ3v) is 4.65. The second kappa shape index (κ2) is 8.14. The Bertz CT molecular complexity index is 901. The van der Waals surface area contributed by atoms with Crippen LogP contribution in [0.1, 0.15) is 17.2 Å². The molecule has 3 rings (SSSR count). The van der Waals surface area contributed by atoms with E-state index in [9.17, 15) is 19.8 Å². The Balaban J connectivity index is 2.12. The molecular formula is C21H21NO6. The summed E-state index contributed by atoms with van der Waals surface area (Å²) in [6.45, 7) is 0.427. The van der Waals surface area contributed by atoms with Crippen LogP contribution in [-0.4, -0.2) is 54.2 Å². The van der Waals surface area contributed by atoms with Crippen molar-refractivity contribution in [2.75, 3.05) is 27.4 Å². The van der Waals surface area contributed by atoms with Gasteiger partial charge in [-0.15, -0.1) is 0 Å². The zero-order valence-electron chi connectivity index (χ0n) is 15.6. The Morgan fingerprint density at radius 2 is 1.68 bits per heavy atom. The smallest absolute Gasteiger partial charge is 0.295 e. The van der Waals surface area contributed by atoms with Crippen LogP contribution < -0.4 is 4.74 Å². The van der Waals surface area contributed by atoms with Gasteiger partial charge in [0.1, 0.15) is 17.3 Å². The molecule has 0 aromatic heterocycles. The van der Waals surface area contributed by atoms with E-state index < -0.39 is 17.7 Å². The molecule has 28 heavy (non-hydrogen) atoms. The number of carbonyl (C=O) groups is 2. The molecule has 1 fully saturated rings. The minimum atomic E-state index is -0.780. The zero-order valence-corrected chi connectivity index (χ0v) is 15.6. The van der Waals surface area contributed by atoms with Crippen molar-refractivity contribution < 1.29 is 29.3 Å². The van der Waals surface area contributed by atoms with Gasteiger partial charge in [-0.25, -0.2) is 0 Å². The summed E-state index contributed by atoms with van der Waals surface area (Å²) in [5.41, 5.74) is 0.995. The average Bonchev–Trinajstić information content (AvgIpc) is 2.97. The van der Waals surface area contributed by atoms with Gasteiger partial charge >= 0.3 is 0 Å². The van der Waals surface area contributed by atoms with Gasteiger partial charge in [0, 0.05) is 19.2 Å². The molecule has 0 spiro atoms. The summed E-state index contributed by atoms with van der Waals surface area (Å²) in [5.74, 6) is -1.06. The number of ketones is 1. The lowest BCUT2D eigenvalue weighted by molar-refractivity contribution is -0.140. The normalized spacial score (nSPS) is 18.5. The van der Waals surface area contributed by atoms with Crippen LogP contribution in [0.3, 0.4) is 0 Å². The Labute approximate surface area is 162 Å². The number of phenolic OH excluding ortho intramolecular Hbond substituents is 1. The van der Waals surface area contributed by atoms with E-state index in [1.54, 1.807) is 36.4 Å². The highest BCUT2D eigenvalue weighted by molar-refractivity contribution is 6.46. The quantitative estimate of drug-likeness (QED) is 0.452. The maximum Gasteiger partial charge on any atom is 0.295 e. The van der Waals surface area contributed by atoms with Crippen molar-refractivity contribution in [3.05, 3.63) is 65.2 Å². The Morgan fingerprint density at radius 3 is 2.25 bits per heavy atom. The number of ether oxygens (including phenoxy) is 2. The zero-order chi connectivity index (χ0) is 20.3. The van der Waals surface area contributed by atoms with Gasteiger partial charge in [0.15, 0.2) is 0 Å². The van der Waals surface area contributed by atoms with Crippen LogP contribution in [0, 0.1) is 0 Å². The van der Waals surface area contributed by atoms with E-state index in [0.717, 1.165) is 0 Å². The van der Waals surface area contributed by atoms with E-state index in [1.807, 2.05) is 0 Å². The van der Waals surface area contributed by atoms with Crippen LogP contribution in [-0.2, 0) is 14.3 Å². The van der Waals surface area contributed by atoms with Gasteiger partial charge in [-0.3, -0.25) is 9.59 Å². The summed E-state index contributed by atoms with van der Waals surface area (Å²) in [6.07, 6.45) is 0. The predicted octanol–water partition coefficient (Wildman–Crippen LogP) is 2.47. The fourth-order valence-corrected chi connectivity index (χ4v) is 3.21. The molecular weight excluding hydrogens is 362 g/mol. The lowest BCUT2D eigenvalue weighted by Crippen LogP contribution is -2.32. The summed E-state index contributed by atoms with van der Waals surface area (Å²) in [7, 11) is 3.03. The third kappa shape index (κ3) is 3.57. The highest BCUT2D eigenvalue weighted by Gasteiger charge is 2.45. The van der Waals surface area contributed by atoms with E-state index in [1.165, 1.54) is 31.3 Å². The summed E-state index contributed by atoms with van der Waals surface area (Å²) < 4.78 is 10.2. The topological polar surface area (TPSA) is 96.3 Å². The molecule has 7 nitrogen and oxygen atoms in total. The van der Waals surface area contributed by atoms with E-state index >= 15 is 0 Å². The highest BCUT2D eigenvalue weighted by Crippen LogP contribution is 2.39. The van der Waals surface area contributed by atoms with Gasteiger partial charge in [0.25, 0.3) is 11.7 Å². The van der Waals surface area contributed by atoms with E-state index in [-0.39, 0.29) is 30.2 Å². The molecule has 2 aromatic rings. The lowest BCUT2D eigenvalue weighted by atomic mass is 9.95. The molecule has 2 aromatic carbocycles. The molecule has 2 N–H and O–H groups in total. The molecule has 1 heterocycles. The average molecular weight is 383 g/mol. The molecule has 0 bridgehead atoms. The third-order valence-electron chi connectivity index (χ3n) is 4.65. The van der Waals surface area contributed by atoms with E-state index in [0.29, 0.717) is 16.9 Å². The Kier molecular flexibility index (Phi) is 5.65. The van der Waals surface area contributed by atoms with Crippen molar-refractivity contribution in [2.45, 2.75) is 6.04 Å². The van der Waals surface area contributed by atoms with Crippen LogP contribution >= 0.6 is 0 Å². The van der Waals surface area contributed by atoms with Crippen molar-refractivity contribution in [2.24, 2.45) is 0 Å². The second-order valence-corrected chi connectivity index (χ2v) is 6.31. The number of aliphatic hydroxyl groups excluding tert-OH is 1. The number of methoxy groups -OCH3 is 2. The molecule has 146 valence electrons. The van der Waals surface area contributed by atoms with Gasteiger partial charge in [-0.05, 0) is 42.0 Å². The monoisotopic (exact) mass is 383 g/mol. The second-order valence-electron chi connectivity index (χ2n) is 6.31. The lowest BCUT2D eigenvalue weighted by Gasteiger charge is -2.25. The summed E-state index contributed by atoms with van der Waals surface area (Å²) in [6, 6.07) is 11.9. The van der Waals surface area contributed by atoms with Crippen molar-refractivity contribution >= 4 is 17.4 Å². The first kappa shape index (κ1) is 19.4. The molecule has 1 amide bonds. The van der Waals surface area contributed by atoms with Gasteiger partial charge in [-0.1, -0.05) is 12.1 Å². The standard InChI is InChI=1S/C21H21NO6/c1-27-12-11-22-18(13-3-7-15(23)8-4-13)17(20(25)21(22)26)19(24)14-5-9-16(28-2)10-6-14/h3-10,18,23-24H,11-12H2,1-2H3/b19-17+/t18-/m0/s1. The number of likely N-dealkylation sites (tertiary alicyclic amines) is 1. The molecule has 0 radical (unpaired) electrons. The number of phenols is 1. The minimum absolute atomic E-state index is 0.00282. The molecule has 1 aliphatic rings. The maximum absolute atomic E-state index is 12.7. The van der Waals surface area contributed by atoms with Gasteiger partial charge in [0.2, 0.25) is 0 Å². The van der Waals surface area contributed by atoms with Gasteiger partial charge in [-0.2, -0.15) is 0 Å². The Morgan fingerprint density at radius 1 is 1.04 bits per heavy atom. The number of aliphatic hydroxyl groups is 1. The highest BCUT2D eigenvalue weighted by atomic mass is 16.5. The number of nitrogens with zero attached hydrogens (tertiary/aromatic N) is 1. The van der Waals surface area contributed by atoms with Crippen LogP contribution in [0.25, 0.3) is 5.76 Å². The van der Waals surface area contributed by atoms with Crippen LogP contribution in [0.5, 0.6) is 11.5 Å². The number of carbonyl (C=O) groups excluding carboxylic acids is 2. The van der Waals surface area contributed by atoms with Crippen molar-refractivity contribution in [1.82, 2.24) is 4.90 Å². The van der Waals surface area contributed by atoms with Gasteiger partial charge < -0.3 is 24.6 Å². The number of aromatic hydroxyl groups is 1. The van der Waals surface area contributed by atoms with Crippen LogP contribution in [0.2, 0.25) is 0 Å². The molecule has 1 aliphatic heterocycles. The fourth-order valence-electron chi connectivity index (χ4n) is 3.21. The number of hydrogen-bond donors (Lipinski definition) is 2. The van der Waals surface area contributed by atoms with Crippen molar-refractivity contribution in [1.29, 1.82) is 0 Å². The molecule has 0 saturated carbocycles. The summed E-state index contributed by atoms with van der Waals surface area (Å²) in [5, 5.41) is 20.4. The van der Waals surface area contributed by atoms with Crippen LogP contribution in [0.15, 0.2) is 54.1 Å². The molecule has 1 atom stereocenters. The Hall–Kier alpha value is -3.32. The number of rotatable bonds is 6. The first-order valence-corrected chi connectivity index (χ1v) is 8.68. The summed E-state index contributed by atoms with van der Waals surface area (Å²) in [4.78, 5) is 26.7. The van der Waals surface area contributed by atoms with E-state index in [4.69, 9.17) is 9.47 Å². The first-order chi connectivity index (χ1) is 13.5.